The molecule has 1 saturated heterocycles. The summed E-state index contributed by atoms with van der Waals surface area (Å²) in [6, 6.07) is 8.17. The Labute approximate surface area is 119 Å². The second-order valence-corrected chi connectivity index (χ2v) is 6.38. The third kappa shape index (κ3) is 2.18. The summed E-state index contributed by atoms with van der Waals surface area (Å²) in [6.45, 7) is 5.78. The molecule has 1 aromatic carbocycles. The van der Waals surface area contributed by atoms with Crippen LogP contribution >= 0.6 is 0 Å². The molecule has 0 spiro atoms. The van der Waals surface area contributed by atoms with Crippen molar-refractivity contribution in [2.45, 2.75) is 31.8 Å². The first kappa shape index (κ1) is 13.4. The highest BCUT2D eigenvalue weighted by Gasteiger charge is 2.46. The summed E-state index contributed by atoms with van der Waals surface area (Å²) in [7, 11) is 0. The van der Waals surface area contributed by atoms with E-state index in [1.165, 1.54) is 5.56 Å². The number of likely N-dealkylation sites (tertiary alicyclic amines) is 1. The number of aliphatic hydroxyl groups is 1. The number of β-amino-alcohol motifs (C(OH)–C–C–N with tert-alkyl or cyclic N) is 1. The number of rotatable bonds is 3. The summed E-state index contributed by atoms with van der Waals surface area (Å²) in [5.74, 6) is 0.602. The number of hydrogen-bond acceptors (Lipinski definition) is 3. The molecular formula is C16H22N2O2. The second kappa shape index (κ2) is 4.77. The zero-order valence-corrected chi connectivity index (χ0v) is 12.1. The number of amides is 1. The van der Waals surface area contributed by atoms with Gasteiger partial charge in [0.15, 0.2) is 0 Å². The van der Waals surface area contributed by atoms with Crippen molar-refractivity contribution in [3.63, 3.8) is 0 Å². The lowest BCUT2D eigenvalue weighted by Gasteiger charge is -2.49. The van der Waals surface area contributed by atoms with E-state index in [1.54, 1.807) is 4.90 Å². The van der Waals surface area contributed by atoms with E-state index in [-0.39, 0.29) is 17.7 Å². The molecular weight excluding hydrogens is 252 g/mol. The van der Waals surface area contributed by atoms with Crippen molar-refractivity contribution in [2.24, 2.45) is 5.92 Å². The van der Waals surface area contributed by atoms with Gasteiger partial charge in [0.25, 0.3) is 0 Å². The van der Waals surface area contributed by atoms with Crippen LogP contribution in [0.5, 0.6) is 0 Å². The Kier molecular flexibility index (Phi) is 3.21. The third-order valence-electron chi connectivity index (χ3n) is 4.72. The average molecular weight is 274 g/mol. The first-order valence-electron chi connectivity index (χ1n) is 7.32. The first-order chi connectivity index (χ1) is 9.49. The lowest BCUT2D eigenvalue weighted by atomic mass is 9.82. The maximum atomic E-state index is 12.3. The fourth-order valence-electron chi connectivity index (χ4n) is 3.04. The summed E-state index contributed by atoms with van der Waals surface area (Å²) in [5.41, 5.74) is 1.70. The number of nitrogens with one attached hydrogen (secondary N) is 1. The maximum Gasteiger partial charge on any atom is 0.223 e. The van der Waals surface area contributed by atoms with Crippen LogP contribution in [0.3, 0.4) is 0 Å². The predicted molar refractivity (Wildman–Crippen MR) is 78.7 cm³/mol. The fourth-order valence-corrected chi connectivity index (χ4v) is 3.04. The molecule has 2 N–H and O–H groups in total. The summed E-state index contributed by atoms with van der Waals surface area (Å²) >= 11 is 0. The molecule has 108 valence electrons. The van der Waals surface area contributed by atoms with Gasteiger partial charge in [0, 0.05) is 24.6 Å². The van der Waals surface area contributed by atoms with Crippen LogP contribution in [0.4, 0.5) is 5.69 Å². The average Bonchev–Trinajstić information content (AvgIpc) is 2.78. The molecule has 2 heterocycles. The molecule has 0 aromatic heterocycles. The zero-order valence-electron chi connectivity index (χ0n) is 12.1. The lowest BCUT2D eigenvalue weighted by Crippen LogP contribution is -2.66. The number of nitrogens with zero attached hydrogens (tertiary/aromatic N) is 1. The molecule has 1 atom stereocenters. The standard InChI is InChI=1S/C16H22N2O2/c1-11(2)16(20)9-18(10-16)15(19)7-12-8-17-14-6-4-3-5-13(12)14/h3-6,11-12,17,20H,7-10H2,1-2H3. The Morgan fingerprint density at radius 3 is 2.85 bits per heavy atom. The van der Waals surface area contributed by atoms with Crippen molar-refractivity contribution >= 4 is 11.6 Å². The van der Waals surface area contributed by atoms with Crippen molar-refractivity contribution in [1.82, 2.24) is 4.90 Å². The van der Waals surface area contributed by atoms with Crippen molar-refractivity contribution in [1.29, 1.82) is 0 Å². The van der Waals surface area contributed by atoms with Gasteiger partial charge in [0.1, 0.15) is 5.60 Å². The Morgan fingerprint density at radius 1 is 1.45 bits per heavy atom. The van der Waals surface area contributed by atoms with Crippen LogP contribution in [0.15, 0.2) is 24.3 Å². The molecule has 4 nitrogen and oxygen atoms in total. The van der Waals surface area contributed by atoms with Gasteiger partial charge in [-0.25, -0.2) is 0 Å². The minimum Gasteiger partial charge on any atom is -0.386 e. The Hall–Kier alpha value is -1.55. The highest BCUT2D eigenvalue weighted by Crippen LogP contribution is 2.35. The highest BCUT2D eigenvalue weighted by molar-refractivity contribution is 5.79. The molecule has 4 heteroatoms. The molecule has 1 aromatic rings. The molecule has 3 rings (SSSR count). The molecule has 2 aliphatic rings. The van der Waals surface area contributed by atoms with Gasteiger partial charge in [0.2, 0.25) is 5.91 Å². The van der Waals surface area contributed by atoms with Crippen molar-refractivity contribution in [3.8, 4) is 0 Å². The molecule has 1 amide bonds. The normalized spacial score (nSPS) is 23.2. The Balaban J connectivity index is 1.59. The minimum absolute atomic E-state index is 0.152. The second-order valence-electron chi connectivity index (χ2n) is 6.38. The van der Waals surface area contributed by atoms with Gasteiger partial charge in [-0.3, -0.25) is 4.79 Å². The van der Waals surface area contributed by atoms with E-state index >= 15 is 0 Å². The van der Waals surface area contributed by atoms with E-state index in [9.17, 15) is 9.90 Å². The van der Waals surface area contributed by atoms with E-state index in [0.29, 0.717) is 19.5 Å². The Bertz CT molecular complexity index is 521. The SMILES string of the molecule is CC(C)C1(O)CN(C(=O)CC2CNc3ccccc32)C1. The van der Waals surface area contributed by atoms with Crippen molar-refractivity contribution < 1.29 is 9.90 Å². The number of benzene rings is 1. The number of para-hydroxylation sites is 1. The smallest absolute Gasteiger partial charge is 0.223 e. The van der Waals surface area contributed by atoms with Gasteiger partial charge < -0.3 is 15.3 Å². The molecule has 20 heavy (non-hydrogen) atoms. The minimum atomic E-state index is -0.679. The topological polar surface area (TPSA) is 52.6 Å². The van der Waals surface area contributed by atoms with Crippen LogP contribution < -0.4 is 5.32 Å². The number of carbonyl (C=O) groups excluding carboxylic acids is 1. The molecule has 0 radical (unpaired) electrons. The molecule has 2 aliphatic heterocycles. The molecule has 0 bridgehead atoms. The van der Waals surface area contributed by atoms with E-state index in [1.807, 2.05) is 26.0 Å². The fraction of sp³-hybridized carbons (Fsp3) is 0.562. The summed E-state index contributed by atoms with van der Waals surface area (Å²) in [4.78, 5) is 14.1. The molecule has 0 aliphatic carbocycles. The van der Waals surface area contributed by atoms with Gasteiger partial charge in [-0.1, -0.05) is 32.0 Å². The number of carbonyl (C=O) groups is 1. The summed E-state index contributed by atoms with van der Waals surface area (Å²) < 4.78 is 0. The number of fused-ring (bicyclic) bond motifs is 1. The highest BCUT2D eigenvalue weighted by atomic mass is 16.3. The number of hydrogen-bond donors (Lipinski definition) is 2. The predicted octanol–water partition coefficient (Wildman–Crippen LogP) is 1.82. The van der Waals surface area contributed by atoms with Crippen LogP contribution in [-0.2, 0) is 4.79 Å². The molecule has 1 unspecified atom stereocenters. The van der Waals surface area contributed by atoms with Gasteiger partial charge in [-0.05, 0) is 17.5 Å². The van der Waals surface area contributed by atoms with E-state index in [2.05, 4.69) is 17.4 Å². The van der Waals surface area contributed by atoms with Gasteiger partial charge >= 0.3 is 0 Å². The molecule has 0 saturated carbocycles. The van der Waals surface area contributed by atoms with Crippen molar-refractivity contribution in [2.75, 3.05) is 25.0 Å². The van der Waals surface area contributed by atoms with Crippen LogP contribution in [0, 0.1) is 5.92 Å². The lowest BCUT2D eigenvalue weighted by molar-refractivity contribution is -0.164. The Morgan fingerprint density at radius 2 is 2.15 bits per heavy atom. The van der Waals surface area contributed by atoms with Gasteiger partial charge in [-0.2, -0.15) is 0 Å². The van der Waals surface area contributed by atoms with E-state index < -0.39 is 5.60 Å². The summed E-state index contributed by atoms with van der Waals surface area (Å²) in [6.07, 6.45) is 0.526. The van der Waals surface area contributed by atoms with Crippen molar-refractivity contribution in [3.05, 3.63) is 29.8 Å². The van der Waals surface area contributed by atoms with Gasteiger partial charge in [0.05, 0.1) is 13.1 Å². The van der Waals surface area contributed by atoms with E-state index in [4.69, 9.17) is 0 Å². The zero-order chi connectivity index (χ0) is 14.3. The number of anilines is 1. The van der Waals surface area contributed by atoms with Crippen LogP contribution in [0.1, 0.15) is 31.7 Å². The first-order valence-corrected chi connectivity index (χ1v) is 7.32. The monoisotopic (exact) mass is 274 g/mol. The van der Waals surface area contributed by atoms with Crippen LogP contribution in [-0.4, -0.2) is 41.1 Å². The summed E-state index contributed by atoms with van der Waals surface area (Å²) in [5, 5.41) is 13.6. The van der Waals surface area contributed by atoms with Crippen LogP contribution in [0.25, 0.3) is 0 Å². The molecule has 1 fully saturated rings. The largest absolute Gasteiger partial charge is 0.386 e. The quantitative estimate of drug-likeness (QED) is 0.884. The third-order valence-corrected chi connectivity index (χ3v) is 4.72. The van der Waals surface area contributed by atoms with E-state index in [0.717, 1.165) is 12.2 Å². The van der Waals surface area contributed by atoms with Crippen LogP contribution in [0.2, 0.25) is 0 Å². The van der Waals surface area contributed by atoms with Gasteiger partial charge in [-0.15, -0.1) is 0 Å². The maximum absolute atomic E-state index is 12.3.